The summed E-state index contributed by atoms with van der Waals surface area (Å²) >= 11 is 0. The fraction of sp³-hybridized carbons (Fsp3) is 0.357. The van der Waals surface area contributed by atoms with Gasteiger partial charge in [0.1, 0.15) is 0 Å². The molecular formula is C14H17N3O3S. The molecule has 0 atom stereocenters. The zero-order valence-corrected chi connectivity index (χ0v) is 12.6. The first-order valence-corrected chi connectivity index (χ1v) is 8.29. The van der Waals surface area contributed by atoms with Crippen LogP contribution in [0, 0.1) is 0 Å². The van der Waals surface area contributed by atoms with Crippen LogP contribution in [0.3, 0.4) is 0 Å². The number of aromatic nitrogens is 1. The summed E-state index contributed by atoms with van der Waals surface area (Å²) in [6.07, 6.45) is 3.33. The minimum absolute atomic E-state index is 0.371. The van der Waals surface area contributed by atoms with Gasteiger partial charge >= 0.3 is 10.2 Å². The van der Waals surface area contributed by atoms with Crippen LogP contribution in [0.15, 0.2) is 30.5 Å². The molecule has 1 aliphatic rings. The van der Waals surface area contributed by atoms with Gasteiger partial charge in [-0.2, -0.15) is 12.7 Å². The van der Waals surface area contributed by atoms with E-state index in [1.54, 1.807) is 6.20 Å². The van der Waals surface area contributed by atoms with E-state index in [0.717, 1.165) is 23.7 Å². The number of benzene rings is 1. The Balaban J connectivity index is 1.91. The Labute approximate surface area is 123 Å². The van der Waals surface area contributed by atoms with Crippen molar-refractivity contribution >= 4 is 27.0 Å². The Kier molecular flexibility index (Phi) is 3.46. The summed E-state index contributed by atoms with van der Waals surface area (Å²) in [4.78, 5) is 12.3. The Morgan fingerprint density at radius 2 is 1.86 bits per heavy atom. The van der Waals surface area contributed by atoms with Gasteiger partial charge in [-0.1, -0.05) is 18.2 Å². The van der Waals surface area contributed by atoms with E-state index in [-0.39, 0.29) is 0 Å². The predicted molar refractivity (Wildman–Crippen MR) is 80.1 cm³/mol. The summed E-state index contributed by atoms with van der Waals surface area (Å²) in [5.41, 5.74) is 1.26. The lowest BCUT2D eigenvalue weighted by Crippen LogP contribution is -2.42. The SMILES string of the molecule is Cn1cc(C(=O)NS(=O)(=O)N2CCCC2)c2ccccc21. The molecule has 1 aromatic heterocycles. The second-order valence-electron chi connectivity index (χ2n) is 5.21. The van der Waals surface area contributed by atoms with Crippen LogP contribution < -0.4 is 4.72 Å². The van der Waals surface area contributed by atoms with Gasteiger partial charge in [-0.15, -0.1) is 0 Å². The van der Waals surface area contributed by atoms with Gasteiger partial charge in [-0.05, 0) is 18.9 Å². The largest absolute Gasteiger partial charge is 0.350 e. The maximum Gasteiger partial charge on any atom is 0.304 e. The molecule has 1 N–H and O–H groups in total. The molecule has 0 radical (unpaired) electrons. The van der Waals surface area contributed by atoms with E-state index in [9.17, 15) is 13.2 Å². The number of aryl methyl sites for hydroxylation is 1. The molecule has 1 saturated heterocycles. The summed E-state index contributed by atoms with van der Waals surface area (Å²) in [7, 11) is -1.91. The van der Waals surface area contributed by atoms with Gasteiger partial charge in [0.15, 0.2) is 0 Å². The standard InChI is InChI=1S/C14H17N3O3S/c1-16-10-12(11-6-2-3-7-13(11)16)14(18)15-21(19,20)17-8-4-5-9-17/h2-3,6-7,10H,4-5,8-9H2,1H3,(H,15,18). The number of hydrogen-bond donors (Lipinski definition) is 1. The van der Waals surface area contributed by atoms with E-state index < -0.39 is 16.1 Å². The van der Waals surface area contributed by atoms with Crippen molar-refractivity contribution in [2.75, 3.05) is 13.1 Å². The van der Waals surface area contributed by atoms with Crippen LogP contribution in [0.2, 0.25) is 0 Å². The predicted octanol–water partition coefficient (Wildman–Crippen LogP) is 1.25. The van der Waals surface area contributed by atoms with E-state index in [1.807, 2.05) is 35.9 Å². The van der Waals surface area contributed by atoms with Crippen LogP contribution in [0.4, 0.5) is 0 Å². The number of nitrogens with one attached hydrogen (secondary N) is 1. The van der Waals surface area contributed by atoms with Crippen LogP contribution in [0.25, 0.3) is 10.9 Å². The molecule has 1 fully saturated rings. The number of nitrogens with zero attached hydrogens (tertiary/aromatic N) is 2. The van der Waals surface area contributed by atoms with Crippen molar-refractivity contribution in [3.8, 4) is 0 Å². The van der Waals surface area contributed by atoms with Crippen molar-refractivity contribution in [3.05, 3.63) is 36.0 Å². The van der Waals surface area contributed by atoms with Crippen LogP contribution in [-0.2, 0) is 17.3 Å². The Hall–Kier alpha value is -1.86. The highest BCUT2D eigenvalue weighted by Crippen LogP contribution is 2.20. The molecule has 0 unspecified atom stereocenters. The molecular weight excluding hydrogens is 290 g/mol. The highest BCUT2D eigenvalue weighted by molar-refractivity contribution is 7.87. The molecule has 112 valence electrons. The third kappa shape index (κ3) is 2.54. The minimum Gasteiger partial charge on any atom is -0.350 e. The molecule has 2 heterocycles. The van der Waals surface area contributed by atoms with Gasteiger partial charge in [-0.25, -0.2) is 4.72 Å². The number of rotatable bonds is 3. The average Bonchev–Trinajstić information content (AvgIpc) is 3.07. The molecule has 1 aromatic carbocycles. The van der Waals surface area contributed by atoms with Gasteiger partial charge < -0.3 is 4.57 Å². The molecule has 0 bridgehead atoms. The number of amides is 1. The molecule has 7 heteroatoms. The fourth-order valence-electron chi connectivity index (χ4n) is 2.69. The normalized spacial score (nSPS) is 16.4. The van der Waals surface area contributed by atoms with Gasteiger partial charge in [-0.3, -0.25) is 4.79 Å². The first kappa shape index (κ1) is 14.1. The summed E-state index contributed by atoms with van der Waals surface area (Å²) in [5, 5.41) is 0.745. The van der Waals surface area contributed by atoms with Crippen LogP contribution in [0.1, 0.15) is 23.2 Å². The molecule has 1 amide bonds. The van der Waals surface area contributed by atoms with E-state index in [2.05, 4.69) is 4.72 Å². The second kappa shape index (κ2) is 5.16. The molecule has 6 nitrogen and oxygen atoms in total. The minimum atomic E-state index is -3.74. The van der Waals surface area contributed by atoms with E-state index in [0.29, 0.717) is 18.7 Å². The first-order valence-electron chi connectivity index (χ1n) is 6.85. The van der Waals surface area contributed by atoms with Gasteiger partial charge in [0.25, 0.3) is 5.91 Å². The van der Waals surface area contributed by atoms with Crippen LogP contribution in [-0.4, -0.2) is 36.3 Å². The van der Waals surface area contributed by atoms with Crippen molar-refractivity contribution < 1.29 is 13.2 Å². The third-order valence-corrected chi connectivity index (χ3v) is 5.26. The Morgan fingerprint density at radius 3 is 2.57 bits per heavy atom. The Morgan fingerprint density at radius 1 is 1.19 bits per heavy atom. The number of hydrogen-bond acceptors (Lipinski definition) is 3. The highest BCUT2D eigenvalue weighted by Gasteiger charge is 2.28. The number of fused-ring (bicyclic) bond motifs is 1. The molecule has 2 aromatic rings. The quantitative estimate of drug-likeness (QED) is 0.927. The topological polar surface area (TPSA) is 71.4 Å². The van der Waals surface area contributed by atoms with Crippen molar-refractivity contribution in [3.63, 3.8) is 0 Å². The third-order valence-electron chi connectivity index (χ3n) is 3.77. The maximum absolute atomic E-state index is 12.3. The van der Waals surface area contributed by atoms with Crippen molar-refractivity contribution in [2.24, 2.45) is 7.05 Å². The lowest BCUT2D eigenvalue weighted by atomic mass is 10.2. The maximum atomic E-state index is 12.3. The number of para-hydroxylation sites is 1. The van der Waals surface area contributed by atoms with E-state index >= 15 is 0 Å². The number of carbonyl (C=O) groups excluding carboxylic acids is 1. The van der Waals surface area contributed by atoms with Crippen LogP contribution >= 0.6 is 0 Å². The molecule has 1 aliphatic heterocycles. The van der Waals surface area contributed by atoms with Crippen molar-refractivity contribution in [1.82, 2.24) is 13.6 Å². The van der Waals surface area contributed by atoms with Gasteiger partial charge in [0.05, 0.1) is 5.56 Å². The van der Waals surface area contributed by atoms with Crippen molar-refractivity contribution in [2.45, 2.75) is 12.8 Å². The Bertz CT molecular complexity index is 789. The zero-order valence-electron chi connectivity index (χ0n) is 11.7. The summed E-state index contributed by atoms with van der Waals surface area (Å²) < 4.78 is 29.6. The van der Waals surface area contributed by atoms with E-state index in [1.165, 1.54) is 4.31 Å². The average molecular weight is 307 g/mol. The molecule has 21 heavy (non-hydrogen) atoms. The highest BCUT2D eigenvalue weighted by atomic mass is 32.2. The van der Waals surface area contributed by atoms with Crippen molar-refractivity contribution in [1.29, 1.82) is 0 Å². The van der Waals surface area contributed by atoms with Gasteiger partial charge in [0, 0.05) is 37.2 Å². The van der Waals surface area contributed by atoms with Gasteiger partial charge in [0.2, 0.25) is 0 Å². The summed E-state index contributed by atoms with van der Waals surface area (Å²) in [6, 6.07) is 7.41. The lowest BCUT2D eigenvalue weighted by molar-refractivity contribution is 0.0981. The smallest absolute Gasteiger partial charge is 0.304 e. The van der Waals surface area contributed by atoms with Crippen LogP contribution in [0.5, 0.6) is 0 Å². The molecule has 0 aliphatic carbocycles. The van der Waals surface area contributed by atoms with E-state index in [4.69, 9.17) is 0 Å². The lowest BCUT2D eigenvalue weighted by Gasteiger charge is -2.15. The second-order valence-corrected chi connectivity index (χ2v) is 6.88. The molecule has 0 spiro atoms. The zero-order chi connectivity index (χ0) is 15.0. The molecule has 0 saturated carbocycles. The fourth-order valence-corrected chi connectivity index (χ4v) is 3.90. The molecule has 3 rings (SSSR count). The monoisotopic (exact) mass is 307 g/mol. The number of carbonyl (C=O) groups is 1. The first-order chi connectivity index (χ1) is 9.99. The summed E-state index contributed by atoms with van der Waals surface area (Å²) in [6.45, 7) is 0.941. The summed E-state index contributed by atoms with van der Waals surface area (Å²) in [5.74, 6) is -0.585.